The number of carbonyl (C=O) groups is 2. The highest BCUT2D eigenvalue weighted by Crippen LogP contribution is 2.57. The Balaban J connectivity index is 1.30. The highest BCUT2D eigenvalue weighted by Gasteiger charge is 2.57. The summed E-state index contributed by atoms with van der Waals surface area (Å²) in [6.45, 7) is -0.140. The normalized spacial score (nSPS) is 20.7. The van der Waals surface area contributed by atoms with Crippen molar-refractivity contribution in [2.24, 2.45) is 0 Å². The zero-order valence-electron chi connectivity index (χ0n) is 19.7. The number of amides is 1. The molecule has 2 aliphatic rings. The van der Waals surface area contributed by atoms with E-state index in [1.165, 1.54) is 12.4 Å². The summed E-state index contributed by atoms with van der Waals surface area (Å²) in [5.41, 5.74) is 3.00. The van der Waals surface area contributed by atoms with Crippen molar-refractivity contribution in [3.05, 3.63) is 101 Å². The highest BCUT2D eigenvalue weighted by molar-refractivity contribution is 6.29. The van der Waals surface area contributed by atoms with E-state index in [0.29, 0.717) is 17.8 Å². The van der Waals surface area contributed by atoms with Crippen molar-refractivity contribution in [2.75, 3.05) is 25.5 Å². The van der Waals surface area contributed by atoms with Gasteiger partial charge >= 0.3 is 0 Å². The average molecular weight is 477 g/mol. The maximum atomic E-state index is 13.4. The van der Waals surface area contributed by atoms with Crippen LogP contribution in [-0.2, 0) is 15.0 Å². The molecule has 1 atom stereocenters. The Morgan fingerprint density at radius 3 is 2.78 bits per heavy atom. The first kappa shape index (κ1) is 23.2. The molecule has 7 nitrogen and oxygen atoms in total. The van der Waals surface area contributed by atoms with Crippen molar-refractivity contribution >= 4 is 28.4 Å². The van der Waals surface area contributed by atoms with Gasteiger partial charge in [-0.05, 0) is 41.8 Å². The molecule has 3 aromatic rings. The zero-order valence-corrected chi connectivity index (χ0v) is 19.7. The van der Waals surface area contributed by atoms with E-state index in [0.717, 1.165) is 27.6 Å². The predicted octanol–water partition coefficient (Wildman–Crippen LogP) is 2.84. The number of fused-ring (bicyclic) bond motifs is 1. The summed E-state index contributed by atoms with van der Waals surface area (Å²) in [4.78, 5) is 34.8. The topological polar surface area (TPSA) is 104 Å². The zero-order chi connectivity index (χ0) is 25.1. The van der Waals surface area contributed by atoms with Crippen LogP contribution in [0.4, 0.5) is 5.82 Å². The summed E-state index contributed by atoms with van der Waals surface area (Å²) in [5, 5.41) is 16.9. The fourth-order valence-electron chi connectivity index (χ4n) is 4.73. The highest BCUT2D eigenvalue weighted by atomic mass is 16.3. The van der Waals surface area contributed by atoms with Gasteiger partial charge in [-0.2, -0.15) is 0 Å². The van der Waals surface area contributed by atoms with E-state index in [-0.39, 0.29) is 24.5 Å². The third-order valence-corrected chi connectivity index (χ3v) is 6.56. The number of nitrogens with zero attached hydrogens (tertiary/aromatic N) is 2. The lowest BCUT2D eigenvalue weighted by molar-refractivity contribution is -0.121. The van der Waals surface area contributed by atoms with E-state index in [9.17, 15) is 14.7 Å². The van der Waals surface area contributed by atoms with E-state index in [2.05, 4.69) is 32.4 Å². The van der Waals surface area contributed by atoms with Gasteiger partial charge in [0.05, 0.1) is 29.7 Å². The number of aliphatic hydroxyl groups is 1. The predicted molar refractivity (Wildman–Crippen MR) is 138 cm³/mol. The van der Waals surface area contributed by atoms with Crippen LogP contribution in [0, 0.1) is 11.8 Å². The summed E-state index contributed by atoms with van der Waals surface area (Å²) >= 11 is 0. The quantitative estimate of drug-likeness (QED) is 0.387. The summed E-state index contributed by atoms with van der Waals surface area (Å²) in [6.07, 6.45) is 7.20. The van der Waals surface area contributed by atoms with Crippen LogP contribution in [0.2, 0.25) is 0 Å². The lowest BCUT2D eigenvalue weighted by Gasteiger charge is -2.18. The lowest BCUT2D eigenvalue weighted by Crippen LogP contribution is -2.30. The number of hydrogen-bond donors (Lipinski definition) is 3. The third kappa shape index (κ3) is 3.98. The van der Waals surface area contributed by atoms with Crippen LogP contribution in [-0.4, -0.2) is 47.0 Å². The standard InChI is InChI=1S/C29H24N4O3/c1-30-27-22-16-19(13-14-24(22)32-18-33-27)8-7-15-31-28(36)21-11-5-6-12-23-25(26(21)35)29(23,17-34)20-9-3-2-4-10-20/h2-6,9-11,13-14,16,18,34H,12,15,17H2,1H3,(H,31,36)(H,30,32,33)/b6-5-,21-11+/t29-/m0/s1. The van der Waals surface area contributed by atoms with Gasteiger partial charge in [0, 0.05) is 23.6 Å². The van der Waals surface area contributed by atoms with Crippen molar-refractivity contribution in [2.45, 2.75) is 11.8 Å². The van der Waals surface area contributed by atoms with Crippen molar-refractivity contribution < 1.29 is 14.7 Å². The number of Topliss-reactive ketones (excluding diaryl/α,β-unsaturated/α-hetero) is 1. The number of aromatic nitrogens is 2. The second-order valence-electron chi connectivity index (χ2n) is 8.51. The number of ketones is 1. The van der Waals surface area contributed by atoms with E-state index < -0.39 is 11.3 Å². The van der Waals surface area contributed by atoms with Gasteiger partial charge < -0.3 is 15.7 Å². The lowest BCUT2D eigenvalue weighted by atomic mass is 9.86. The fraction of sp³-hybridized carbons (Fsp3) is 0.172. The van der Waals surface area contributed by atoms with Gasteiger partial charge in [0.1, 0.15) is 12.1 Å². The molecule has 0 saturated carbocycles. The molecule has 1 aromatic heterocycles. The largest absolute Gasteiger partial charge is 0.395 e. The summed E-state index contributed by atoms with van der Waals surface area (Å²) in [5.74, 6) is 5.83. The number of nitrogens with one attached hydrogen (secondary N) is 2. The molecule has 0 saturated heterocycles. The first-order valence-corrected chi connectivity index (χ1v) is 11.6. The first-order valence-electron chi connectivity index (χ1n) is 11.6. The van der Waals surface area contributed by atoms with E-state index in [1.54, 1.807) is 13.1 Å². The Hall–Kier alpha value is -4.54. The van der Waals surface area contributed by atoms with Crippen LogP contribution in [0.3, 0.4) is 0 Å². The second kappa shape index (κ2) is 9.61. The van der Waals surface area contributed by atoms with Crippen LogP contribution in [0.5, 0.6) is 0 Å². The van der Waals surface area contributed by atoms with Gasteiger partial charge in [-0.25, -0.2) is 9.97 Å². The number of aliphatic hydroxyl groups excluding tert-OH is 1. The molecule has 0 bridgehead atoms. The molecule has 1 amide bonds. The number of hydrogen-bond acceptors (Lipinski definition) is 6. The molecule has 0 fully saturated rings. The Labute approximate surface area is 208 Å². The van der Waals surface area contributed by atoms with Crippen LogP contribution < -0.4 is 10.6 Å². The van der Waals surface area contributed by atoms with Gasteiger partial charge in [-0.1, -0.05) is 54.3 Å². The van der Waals surface area contributed by atoms with Crippen molar-refractivity contribution in [1.29, 1.82) is 0 Å². The molecule has 0 aliphatic heterocycles. The van der Waals surface area contributed by atoms with E-state index >= 15 is 0 Å². The fourth-order valence-corrected chi connectivity index (χ4v) is 4.73. The maximum Gasteiger partial charge on any atom is 0.256 e. The SMILES string of the molecule is CNc1ncnc2ccc(C#CCNC(=O)/C3=C/C=C\CC4=C(C3=O)[C@@]4(CO)c3ccccc3)cc12. The van der Waals surface area contributed by atoms with Crippen molar-refractivity contribution in [3.8, 4) is 11.8 Å². The van der Waals surface area contributed by atoms with E-state index in [4.69, 9.17) is 0 Å². The number of carbonyl (C=O) groups excluding carboxylic acids is 2. The molecule has 7 heteroatoms. The second-order valence-corrected chi connectivity index (χ2v) is 8.51. The van der Waals surface area contributed by atoms with Gasteiger partial charge in [0.2, 0.25) is 0 Å². The van der Waals surface area contributed by atoms with Crippen molar-refractivity contribution in [1.82, 2.24) is 15.3 Å². The minimum atomic E-state index is -0.821. The minimum Gasteiger partial charge on any atom is -0.395 e. The molecule has 0 spiro atoms. The molecule has 2 aliphatic carbocycles. The molecule has 2 aromatic carbocycles. The Bertz CT molecular complexity index is 1530. The summed E-state index contributed by atoms with van der Waals surface area (Å²) in [7, 11) is 1.79. The monoisotopic (exact) mass is 476 g/mol. The van der Waals surface area contributed by atoms with Crippen molar-refractivity contribution in [3.63, 3.8) is 0 Å². The first-order chi connectivity index (χ1) is 17.6. The Morgan fingerprint density at radius 1 is 1.17 bits per heavy atom. The molecule has 36 heavy (non-hydrogen) atoms. The average Bonchev–Trinajstić information content (AvgIpc) is 3.57. The number of allylic oxidation sites excluding steroid dienone is 3. The third-order valence-electron chi connectivity index (χ3n) is 6.56. The van der Waals surface area contributed by atoms with Gasteiger partial charge in [-0.15, -0.1) is 0 Å². The smallest absolute Gasteiger partial charge is 0.256 e. The summed E-state index contributed by atoms with van der Waals surface area (Å²) in [6, 6.07) is 15.1. The Morgan fingerprint density at radius 2 is 2.00 bits per heavy atom. The van der Waals surface area contributed by atoms with Gasteiger partial charge in [0.15, 0.2) is 5.78 Å². The number of anilines is 1. The van der Waals surface area contributed by atoms with E-state index in [1.807, 2.05) is 54.6 Å². The maximum absolute atomic E-state index is 13.4. The summed E-state index contributed by atoms with van der Waals surface area (Å²) < 4.78 is 0. The number of rotatable bonds is 5. The van der Waals surface area contributed by atoms with Gasteiger partial charge in [0.25, 0.3) is 5.91 Å². The van der Waals surface area contributed by atoms with Gasteiger partial charge in [-0.3, -0.25) is 9.59 Å². The molecule has 3 N–H and O–H groups in total. The van der Waals surface area contributed by atoms with Crippen LogP contribution in [0.1, 0.15) is 17.5 Å². The Kier molecular flexibility index (Phi) is 6.19. The molecule has 1 heterocycles. The molecule has 0 radical (unpaired) electrons. The molecular weight excluding hydrogens is 452 g/mol. The van der Waals surface area contributed by atoms with Crippen LogP contribution >= 0.6 is 0 Å². The number of benzene rings is 2. The minimum absolute atomic E-state index is 0.0352. The molecular formula is C29H24N4O3. The molecule has 0 unspecified atom stereocenters. The molecule has 5 rings (SSSR count). The van der Waals surface area contributed by atoms with Crippen LogP contribution in [0.15, 0.2) is 89.8 Å². The van der Waals surface area contributed by atoms with Crippen LogP contribution in [0.25, 0.3) is 10.9 Å². The molecule has 178 valence electrons.